The third-order valence-corrected chi connectivity index (χ3v) is 3.16. The van der Waals surface area contributed by atoms with Crippen molar-refractivity contribution >= 4 is 23.1 Å². The minimum atomic E-state index is -0.471. The van der Waals surface area contributed by atoms with E-state index in [1.807, 2.05) is 38.1 Å². The van der Waals surface area contributed by atoms with Crippen LogP contribution in [-0.2, 0) is 0 Å². The number of rotatable bonds is 4. The van der Waals surface area contributed by atoms with Crippen molar-refractivity contribution in [3.63, 3.8) is 0 Å². The molecular formula is C14H17N5O2. The number of nitrogen functional groups attached to an aromatic ring is 1. The van der Waals surface area contributed by atoms with Crippen molar-refractivity contribution < 1.29 is 4.92 Å². The van der Waals surface area contributed by atoms with Crippen molar-refractivity contribution in [1.29, 1.82) is 0 Å². The van der Waals surface area contributed by atoms with E-state index < -0.39 is 4.92 Å². The minimum absolute atomic E-state index is 0.0265. The van der Waals surface area contributed by atoms with Gasteiger partial charge < -0.3 is 10.6 Å². The Bertz CT molecular complexity index is 670. The van der Waals surface area contributed by atoms with Gasteiger partial charge in [-0.3, -0.25) is 10.1 Å². The quantitative estimate of drug-likeness (QED) is 0.685. The van der Waals surface area contributed by atoms with E-state index in [1.165, 1.54) is 0 Å². The van der Waals surface area contributed by atoms with Gasteiger partial charge in [0.25, 0.3) is 0 Å². The molecule has 0 aliphatic rings. The van der Waals surface area contributed by atoms with Crippen LogP contribution in [0.2, 0.25) is 0 Å². The number of hydrogen-bond donors (Lipinski definition) is 1. The van der Waals surface area contributed by atoms with Crippen molar-refractivity contribution in [1.82, 2.24) is 9.97 Å². The maximum absolute atomic E-state index is 11.3. The van der Waals surface area contributed by atoms with Crippen molar-refractivity contribution in [2.45, 2.75) is 20.8 Å². The summed E-state index contributed by atoms with van der Waals surface area (Å²) in [6.45, 7) is 5.97. The second-order valence-electron chi connectivity index (χ2n) is 4.68. The van der Waals surface area contributed by atoms with Gasteiger partial charge in [-0.1, -0.05) is 17.7 Å². The summed E-state index contributed by atoms with van der Waals surface area (Å²) in [5.74, 6) is 0.245. The van der Waals surface area contributed by atoms with E-state index in [2.05, 4.69) is 9.97 Å². The molecule has 0 unspecified atom stereocenters. The number of aryl methyl sites for hydroxylation is 2. The molecule has 21 heavy (non-hydrogen) atoms. The zero-order chi connectivity index (χ0) is 15.6. The first-order valence-electron chi connectivity index (χ1n) is 6.56. The molecule has 0 saturated carbocycles. The highest BCUT2D eigenvalue weighted by molar-refractivity contribution is 5.70. The van der Waals surface area contributed by atoms with Gasteiger partial charge in [0.15, 0.2) is 0 Å². The summed E-state index contributed by atoms with van der Waals surface area (Å²) in [5.41, 5.74) is 7.73. The summed E-state index contributed by atoms with van der Waals surface area (Å²) in [7, 11) is 0. The van der Waals surface area contributed by atoms with E-state index >= 15 is 0 Å². The van der Waals surface area contributed by atoms with Gasteiger partial charge in [0.05, 0.1) is 4.92 Å². The van der Waals surface area contributed by atoms with Crippen LogP contribution in [0.1, 0.15) is 18.2 Å². The molecule has 1 aromatic heterocycles. The highest BCUT2D eigenvalue weighted by atomic mass is 16.6. The molecule has 0 atom stereocenters. The first-order chi connectivity index (χ1) is 9.93. The normalized spacial score (nSPS) is 10.4. The van der Waals surface area contributed by atoms with E-state index in [1.54, 1.807) is 11.8 Å². The van der Waals surface area contributed by atoms with Gasteiger partial charge in [0.1, 0.15) is 5.69 Å². The number of nitrogens with zero attached hydrogens (tertiary/aromatic N) is 4. The smallest absolute Gasteiger partial charge is 0.333 e. The molecule has 0 bridgehead atoms. The number of nitrogens with two attached hydrogens (primary N) is 1. The summed E-state index contributed by atoms with van der Waals surface area (Å²) >= 11 is 0. The average molecular weight is 287 g/mol. The van der Waals surface area contributed by atoms with Crippen LogP contribution in [0.4, 0.5) is 23.1 Å². The fourth-order valence-corrected chi connectivity index (χ4v) is 2.15. The Morgan fingerprint density at radius 3 is 2.38 bits per heavy atom. The van der Waals surface area contributed by atoms with Crippen LogP contribution in [0.3, 0.4) is 0 Å². The van der Waals surface area contributed by atoms with Crippen LogP contribution in [0.25, 0.3) is 0 Å². The van der Waals surface area contributed by atoms with Crippen molar-refractivity contribution in [2.75, 3.05) is 17.2 Å². The molecular weight excluding hydrogens is 270 g/mol. The minimum Gasteiger partial charge on any atom is -0.368 e. The van der Waals surface area contributed by atoms with Gasteiger partial charge in [-0.25, -0.2) is 4.98 Å². The van der Waals surface area contributed by atoms with Gasteiger partial charge in [-0.15, -0.1) is 0 Å². The van der Waals surface area contributed by atoms with E-state index in [0.717, 1.165) is 11.3 Å². The zero-order valence-corrected chi connectivity index (χ0v) is 12.2. The molecule has 1 heterocycles. The van der Waals surface area contributed by atoms with Crippen molar-refractivity contribution in [3.05, 3.63) is 45.6 Å². The molecule has 0 aliphatic carbocycles. The molecule has 7 heteroatoms. The molecule has 2 rings (SSSR count). The third kappa shape index (κ3) is 2.91. The molecule has 0 radical (unpaired) electrons. The molecule has 2 aromatic rings. The molecule has 0 saturated heterocycles. The maximum Gasteiger partial charge on any atom is 0.333 e. The lowest BCUT2D eigenvalue weighted by Gasteiger charge is -2.22. The Hall–Kier alpha value is -2.70. The Kier molecular flexibility index (Phi) is 4.02. The summed E-state index contributed by atoms with van der Waals surface area (Å²) in [4.78, 5) is 20.6. The van der Waals surface area contributed by atoms with Crippen molar-refractivity contribution in [2.24, 2.45) is 0 Å². The molecule has 7 nitrogen and oxygen atoms in total. The number of aromatic nitrogens is 2. The molecule has 0 spiro atoms. The Labute approximate surface area is 122 Å². The number of anilines is 3. The van der Waals surface area contributed by atoms with Crippen LogP contribution < -0.4 is 10.6 Å². The monoisotopic (exact) mass is 287 g/mol. The number of hydrogen-bond acceptors (Lipinski definition) is 6. The lowest BCUT2D eigenvalue weighted by atomic mass is 10.2. The Morgan fingerprint density at radius 2 is 1.86 bits per heavy atom. The van der Waals surface area contributed by atoms with E-state index in [9.17, 15) is 10.1 Å². The summed E-state index contributed by atoms with van der Waals surface area (Å²) < 4.78 is 0. The predicted molar refractivity (Wildman–Crippen MR) is 81.7 cm³/mol. The van der Waals surface area contributed by atoms with E-state index in [-0.39, 0.29) is 23.1 Å². The largest absolute Gasteiger partial charge is 0.368 e. The summed E-state index contributed by atoms with van der Waals surface area (Å²) in [6, 6.07) is 7.69. The standard InChI is InChI=1S/C14H17N5O2/c1-4-18(11-7-5-9(2)6-8-11)13-12(19(20)21)10(3)16-14(15)17-13/h5-8H,4H2,1-3H3,(H2,15,16,17). The Morgan fingerprint density at radius 1 is 1.24 bits per heavy atom. The fourth-order valence-electron chi connectivity index (χ4n) is 2.15. The van der Waals surface area contributed by atoms with Crippen LogP contribution in [0.5, 0.6) is 0 Å². The fraction of sp³-hybridized carbons (Fsp3) is 0.286. The van der Waals surface area contributed by atoms with Crippen LogP contribution >= 0.6 is 0 Å². The first kappa shape index (κ1) is 14.7. The molecule has 0 aliphatic heterocycles. The van der Waals surface area contributed by atoms with Gasteiger partial charge in [0.2, 0.25) is 11.8 Å². The van der Waals surface area contributed by atoms with Crippen LogP contribution in [0.15, 0.2) is 24.3 Å². The summed E-state index contributed by atoms with van der Waals surface area (Å²) in [5, 5.41) is 11.3. The first-order valence-corrected chi connectivity index (χ1v) is 6.56. The second-order valence-corrected chi connectivity index (χ2v) is 4.68. The third-order valence-electron chi connectivity index (χ3n) is 3.16. The second kappa shape index (κ2) is 5.74. The molecule has 0 fully saturated rings. The van der Waals surface area contributed by atoms with E-state index in [4.69, 9.17) is 5.73 Å². The van der Waals surface area contributed by atoms with Gasteiger partial charge in [-0.05, 0) is 32.9 Å². The molecule has 110 valence electrons. The average Bonchev–Trinajstić information content (AvgIpc) is 2.40. The number of benzene rings is 1. The van der Waals surface area contributed by atoms with Crippen LogP contribution in [0, 0.1) is 24.0 Å². The topological polar surface area (TPSA) is 98.2 Å². The lowest BCUT2D eigenvalue weighted by Crippen LogP contribution is -2.20. The maximum atomic E-state index is 11.3. The van der Waals surface area contributed by atoms with Gasteiger partial charge in [0, 0.05) is 12.2 Å². The highest BCUT2D eigenvalue weighted by Crippen LogP contribution is 2.33. The number of nitro groups is 1. The lowest BCUT2D eigenvalue weighted by molar-refractivity contribution is -0.385. The van der Waals surface area contributed by atoms with Crippen molar-refractivity contribution in [3.8, 4) is 0 Å². The SMILES string of the molecule is CCN(c1ccc(C)cc1)c1nc(N)nc(C)c1[N+](=O)[O-]. The van der Waals surface area contributed by atoms with Gasteiger partial charge >= 0.3 is 5.69 Å². The molecule has 0 amide bonds. The van der Waals surface area contributed by atoms with Gasteiger partial charge in [-0.2, -0.15) is 4.98 Å². The molecule has 2 N–H and O–H groups in total. The summed E-state index contributed by atoms with van der Waals surface area (Å²) in [6.07, 6.45) is 0. The molecule has 1 aromatic carbocycles. The Balaban J connectivity index is 2.61. The zero-order valence-electron chi connectivity index (χ0n) is 12.2. The predicted octanol–water partition coefficient (Wildman–Crippen LogP) is 2.74. The highest BCUT2D eigenvalue weighted by Gasteiger charge is 2.26. The van der Waals surface area contributed by atoms with Crippen LogP contribution in [-0.4, -0.2) is 21.4 Å². The van der Waals surface area contributed by atoms with E-state index in [0.29, 0.717) is 6.54 Å².